The van der Waals surface area contributed by atoms with E-state index in [1.807, 2.05) is 36.7 Å². The standard InChI is InChI=1S/C23H20N6OS/c1-23(2,30)7-8-28-14-19(13-26-28)17-9-21(22-18(11-25)12-27-29(22)15-17)31-20-6-4-3-5-16(20)10-24/h3-6,9,12-15,30H,7-8H2,1-2H3. The minimum atomic E-state index is -0.758. The number of nitrogens with zero attached hydrogens (tertiary/aromatic N) is 6. The fourth-order valence-corrected chi connectivity index (χ4v) is 4.28. The third-order valence-electron chi connectivity index (χ3n) is 4.84. The van der Waals surface area contributed by atoms with E-state index in [0.717, 1.165) is 20.9 Å². The van der Waals surface area contributed by atoms with Crippen LogP contribution in [0.1, 0.15) is 31.4 Å². The zero-order valence-electron chi connectivity index (χ0n) is 17.1. The van der Waals surface area contributed by atoms with Crippen LogP contribution in [0.2, 0.25) is 0 Å². The number of rotatable bonds is 6. The molecule has 4 aromatic rings. The summed E-state index contributed by atoms with van der Waals surface area (Å²) in [7, 11) is 0. The molecule has 3 aromatic heterocycles. The van der Waals surface area contributed by atoms with E-state index < -0.39 is 5.60 Å². The molecule has 0 saturated heterocycles. The summed E-state index contributed by atoms with van der Waals surface area (Å²) in [6, 6.07) is 13.8. The predicted octanol–water partition coefficient (Wildman–Crippen LogP) is 4.25. The summed E-state index contributed by atoms with van der Waals surface area (Å²) in [5.41, 5.74) is 2.80. The molecule has 3 heterocycles. The smallest absolute Gasteiger partial charge is 0.103 e. The molecule has 0 aliphatic rings. The molecule has 0 radical (unpaired) electrons. The molecule has 0 saturated carbocycles. The Bertz CT molecular complexity index is 1330. The average Bonchev–Trinajstić information content (AvgIpc) is 3.39. The second-order valence-electron chi connectivity index (χ2n) is 7.82. The number of hydrogen-bond acceptors (Lipinski definition) is 6. The van der Waals surface area contributed by atoms with Gasteiger partial charge in [0.2, 0.25) is 0 Å². The first-order valence-corrected chi connectivity index (χ1v) is 10.5. The summed E-state index contributed by atoms with van der Waals surface area (Å²) in [5.74, 6) is 0. The molecule has 1 N–H and O–H groups in total. The summed E-state index contributed by atoms with van der Waals surface area (Å²) in [5, 5.41) is 37.7. The lowest BCUT2D eigenvalue weighted by atomic mass is 10.1. The minimum absolute atomic E-state index is 0.476. The highest BCUT2D eigenvalue weighted by atomic mass is 32.2. The fraction of sp³-hybridized carbons (Fsp3) is 0.217. The van der Waals surface area contributed by atoms with Crippen LogP contribution in [0.5, 0.6) is 0 Å². The maximum atomic E-state index is 9.96. The van der Waals surface area contributed by atoms with Crippen LogP contribution in [0.25, 0.3) is 16.6 Å². The first-order chi connectivity index (χ1) is 14.9. The highest BCUT2D eigenvalue weighted by Gasteiger charge is 2.16. The van der Waals surface area contributed by atoms with Crippen molar-refractivity contribution in [2.75, 3.05) is 0 Å². The molecule has 4 rings (SSSR count). The molecular formula is C23H20N6OS. The van der Waals surface area contributed by atoms with Crippen molar-refractivity contribution in [3.8, 4) is 23.3 Å². The lowest BCUT2D eigenvalue weighted by molar-refractivity contribution is 0.0651. The molecule has 7 nitrogen and oxygen atoms in total. The average molecular weight is 429 g/mol. The lowest BCUT2D eigenvalue weighted by Crippen LogP contribution is -2.21. The third kappa shape index (κ3) is 4.46. The molecule has 154 valence electrons. The number of nitriles is 2. The van der Waals surface area contributed by atoms with Crippen molar-refractivity contribution in [1.82, 2.24) is 19.4 Å². The Morgan fingerprint density at radius 3 is 2.52 bits per heavy atom. The predicted molar refractivity (Wildman–Crippen MR) is 117 cm³/mol. The number of aromatic nitrogens is 4. The summed E-state index contributed by atoms with van der Waals surface area (Å²) >= 11 is 1.44. The van der Waals surface area contributed by atoms with E-state index in [1.54, 1.807) is 41.5 Å². The summed E-state index contributed by atoms with van der Waals surface area (Å²) in [6.07, 6.45) is 7.71. The van der Waals surface area contributed by atoms with Crippen LogP contribution < -0.4 is 0 Å². The Morgan fingerprint density at radius 2 is 1.77 bits per heavy atom. The maximum Gasteiger partial charge on any atom is 0.103 e. The molecule has 8 heteroatoms. The van der Waals surface area contributed by atoms with E-state index in [-0.39, 0.29) is 0 Å². The van der Waals surface area contributed by atoms with Crippen LogP contribution in [0.4, 0.5) is 0 Å². The molecule has 0 aliphatic carbocycles. The van der Waals surface area contributed by atoms with Crippen LogP contribution in [0.3, 0.4) is 0 Å². The van der Waals surface area contributed by atoms with Gasteiger partial charge >= 0.3 is 0 Å². The van der Waals surface area contributed by atoms with Gasteiger partial charge in [-0.15, -0.1) is 0 Å². The van der Waals surface area contributed by atoms with Gasteiger partial charge in [-0.2, -0.15) is 20.7 Å². The highest BCUT2D eigenvalue weighted by Crippen LogP contribution is 2.37. The lowest BCUT2D eigenvalue weighted by Gasteiger charge is -2.16. The third-order valence-corrected chi connectivity index (χ3v) is 5.95. The van der Waals surface area contributed by atoms with Gasteiger partial charge in [-0.25, -0.2) is 4.52 Å². The second-order valence-corrected chi connectivity index (χ2v) is 8.90. The number of pyridine rings is 1. The molecule has 0 amide bonds. The summed E-state index contributed by atoms with van der Waals surface area (Å²) < 4.78 is 3.50. The van der Waals surface area contributed by atoms with Gasteiger partial charge in [0.25, 0.3) is 0 Å². The van der Waals surface area contributed by atoms with Crippen LogP contribution in [-0.4, -0.2) is 30.1 Å². The Kier molecular flexibility index (Phi) is 5.51. The van der Waals surface area contributed by atoms with Gasteiger partial charge < -0.3 is 5.11 Å². The van der Waals surface area contributed by atoms with Gasteiger partial charge in [0.15, 0.2) is 0 Å². The quantitative estimate of drug-likeness (QED) is 0.492. The monoisotopic (exact) mass is 428 g/mol. The van der Waals surface area contributed by atoms with Crippen molar-refractivity contribution < 1.29 is 5.11 Å². The molecule has 31 heavy (non-hydrogen) atoms. The number of aliphatic hydroxyl groups is 1. The van der Waals surface area contributed by atoms with Crippen molar-refractivity contribution in [1.29, 1.82) is 10.5 Å². The molecule has 0 aliphatic heterocycles. The zero-order chi connectivity index (χ0) is 22.0. The molecule has 0 atom stereocenters. The number of fused-ring (bicyclic) bond motifs is 1. The molecular weight excluding hydrogens is 408 g/mol. The van der Waals surface area contributed by atoms with E-state index in [1.165, 1.54) is 11.8 Å². The molecule has 0 spiro atoms. The van der Waals surface area contributed by atoms with Crippen LogP contribution in [-0.2, 0) is 6.54 Å². The highest BCUT2D eigenvalue weighted by molar-refractivity contribution is 7.99. The minimum Gasteiger partial charge on any atom is -0.390 e. The molecule has 1 aromatic carbocycles. The van der Waals surface area contributed by atoms with Gasteiger partial charge in [0.1, 0.15) is 12.1 Å². The second kappa shape index (κ2) is 8.27. The Balaban J connectivity index is 1.76. The topological polar surface area (TPSA) is 103 Å². The van der Waals surface area contributed by atoms with Crippen molar-refractivity contribution in [3.05, 3.63) is 66.2 Å². The van der Waals surface area contributed by atoms with Crippen molar-refractivity contribution in [2.24, 2.45) is 0 Å². The normalized spacial score (nSPS) is 11.4. The summed E-state index contributed by atoms with van der Waals surface area (Å²) in [6.45, 7) is 4.15. The first kappa shape index (κ1) is 20.7. The Hall–Kier alpha value is -3.59. The van der Waals surface area contributed by atoms with Gasteiger partial charge in [-0.3, -0.25) is 4.68 Å². The molecule has 0 unspecified atom stereocenters. The van der Waals surface area contributed by atoms with E-state index in [2.05, 4.69) is 22.3 Å². The van der Waals surface area contributed by atoms with Gasteiger partial charge in [0, 0.05) is 39.9 Å². The van der Waals surface area contributed by atoms with Crippen LogP contribution >= 0.6 is 11.8 Å². The molecule has 0 fully saturated rings. The van der Waals surface area contributed by atoms with Gasteiger partial charge in [-0.1, -0.05) is 23.9 Å². The van der Waals surface area contributed by atoms with Gasteiger partial charge in [-0.05, 0) is 38.5 Å². The van der Waals surface area contributed by atoms with Crippen LogP contribution in [0.15, 0.2) is 64.9 Å². The van der Waals surface area contributed by atoms with E-state index in [4.69, 9.17) is 0 Å². The first-order valence-electron chi connectivity index (χ1n) is 9.71. The van der Waals surface area contributed by atoms with E-state index in [9.17, 15) is 15.6 Å². The number of hydrogen-bond donors (Lipinski definition) is 1. The SMILES string of the molecule is CC(C)(O)CCn1cc(-c2cc(Sc3ccccc3C#N)c3c(C#N)cnn3c2)cn1. The number of aryl methyl sites for hydroxylation is 1. The van der Waals surface area contributed by atoms with Crippen LogP contribution in [0, 0.1) is 22.7 Å². The van der Waals surface area contributed by atoms with E-state index in [0.29, 0.717) is 29.6 Å². The largest absolute Gasteiger partial charge is 0.390 e. The fourth-order valence-electron chi connectivity index (χ4n) is 3.19. The molecule has 0 bridgehead atoms. The Labute approximate surface area is 184 Å². The van der Waals surface area contributed by atoms with Crippen molar-refractivity contribution >= 4 is 17.3 Å². The number of benzene rings is 1. The zero-order valence-corrected chi connectivity index (χ0v) is 18.0. The Morgan fingerprint density at radius 1 is 1.00 bits per heavy atom. The maximum absolute atomic E-state index is 9.96. The van der Waals surface area contributed by atoms with Crippen molar-refractivity contribution in [3.63, 3.8) is 0 Å². The van der Waals surface area contributed by atoms with Gasteiger partial charge in [0.05, 0.1) is 34.6 Å². The van der Waals surface area contributed by atoms with E-state index >= 15 is 0 Å². The summed E-state index contributed by atoms with van der Waals surface area (Å²) in [4.78, 5) is 1.65. The van der Waals surface area contributed by atoms with Crippen molar-refractivity contribution in [2.45, 2.75) is 42.2 Å².